The molecule has 0 saturated carbocycles. The van der Waals surface area contributed by atoms with Crippen LogP contribution in [-0.2, 0) is 0 Å². The van der Waals surface area contributed by atoms with Gasteiger partial charge in [0.2, 0.25) is 0 Å². The summed E-state index contributed by atoms with van der Waals surface area (Å²) in [6.45, 7) is 0. The number of benzene rings is 1. The summed E-state index contributed by atoms with van der Waals surface area (Å²) in [6, 6.07) is 4.12. The van der Waals surface area contributed by atoms with Crippen LogP contribution >= 0.6 is 0 Å². The van der Waals surface area contributed by atoms with Crippen molar-refractivity contribution in [1.82, 2.24) is 0 Å². The monoisotopic (exact) mass is 292 g/mol. The fourth-order valence-corrected chi connectivity index (χ4v) is 5.49. The molecule has 0 N–H and O–H groups in total. The molecule has 2 nitrogen and oxygen atoms in total. The van der Waals surface area contributed by atoms with Crippen LogP contribution in [0, 0.1) is 10.8 Å². The van der Waals surface area contributed by atoms with Gasteiger partial charge in [0.25, 0.3) is 0 Å². The van der Waals surface area contributed by atoms with Gasteiger partial charge in [-0.15, -0.1) is 0 Å². The Morgan fingerprint density at radius 2 is 1.27 bits per heavy atom. The standard InChI is InChI=1S/C20H20O2/c1-21-15-7-8-16(22-2)18-14-6-5-13(17(15)18)19-9-3-4-10-20(14,19)12-11-19/h3-8,11-14H,9-10H2,1-2H3/t13-,14-,19-,20+/m1/s1. The van der Waals surface area contributed by atoms with Gasteiger partial charge in [0.15, 0.2) is 0 Å². The Balaban J connectivity index is 1.84. The third-order valence-electron chi connectivity index (χ3n) is 6.50. The fourth-order valence-electron chi connectivity index (χ4n) is 5.49. The van der Waals surface area contributed by atoms with Crippen LogP contribution in [0.15, 0.2) is 48.6 Å². The number of hydrogen-bond donors (Lipinski definition) is 0. The van der Waals surface area contributed by atoms with Gasteiger partial charge < -0.3 is 9.47 Å². The maximum atomic E-state index is 5.71. The van der Waals surface area contributed by atoms with E-state index in [2.05, 4.69) is 48.6 Å². The average molecular weight is 292 g/mol. The molecule has 0 saturated heterocycles. The predicted octanol–water partition coefficient (Wildman–Crippen LogP) is 4.35. The van der Waals surface area contributed by atoms with E-state index in [0.717, 1.165) is 24.3 Å². The van der Waals surface area contributed by atoms with Gasteiger partial charge >= 0.3 is 0 Å². The smallest absolute Gasteiger partial charge is 0.123 e. The summed E-state index contributed by atoms with van der Waals surface area (Å²) in [5.74, 6) is 2.81. The van der Waals surface area contributed by atoms with E-state index in [1.165, 1.54) is 11.1 Å². The fraction of sp³-hybridized carbons (Fsp3) is 0.400. The van der Waals surface area contributed by atoms with Crippen molar-refractivity contribution in [3.8, 4) is 11.5 Å². The van der Waals surface area contributed by atoms with Gasteiger partial charge in [-0.05, 0) is 25.0 Å². The molecule has 0 unspecified atom stereocenters. The predicted molar refractivity (Wildman–Crippen MR) is 86.5 cm³/mol. The lowest BCUT2D eigenvalue weighted by Crippen LogP contribution is -2.58. The third kappa shape index (κ3) is 1.10. The highest BCUT2D eigenvalue weighted by Crippen LogP contribution is 2.76. The molecule has 22 heavy (non-hydrogen) atoms. The van der Waals surface area contributed by atoms with Crippen LogP contribution in [0.4, 0.5) is 0 Å². The van der Waals surface area contributed by atoms with Crippen molar-refractivity contribution in [3.63, 3.8) is 0 Å². The zero-order chi connectivity index (χ0) is 14.9. The van der Waals surface area contributed by atoms with E-state index in [0.29, 0.717) is 11.8 Å². The second kappa shape index (κ2) is 3.87. The molecule has 1 aromatic carbocycles. The Labute approximate surface area is 131 Å². The van der Waals surface area contributed by atoms with E-state index in [4.69, 9.17) is 9.47 Å². The van der Waals surface area contributed by atoms with E-state index in [1.807, 2.05) is 0 Å². The highest BCUT2D eigenvalue weighted by atomic mass is 16.5. The van der Waals surface area contributed by atoms with E-state index < -0.39 is 0 Å². The van der Waals surface area contributed by atoms with Crippen molar-refractivity contribution in [2.24, 2.45) is 10.8 Å². The first-order valence-corrected chi connectivity index (χ1v) is 8.06. The van der Waals surface area contributed by atoms with E-state index in [9.17, 15) is 0 Å². The largest absolute Gasteiger partial charge is 0.496 e. The molecule has 0 aliphatic heterocycles. The second-order valence-corrected chi connectivity index (χ2v) is 6.93. The van der Waals surface area contributed by atoms with Gasteiger partial charge in [-0.2, -0.15) is 0 Å². The zero-order valence-electron chi connectivity index (χ0n) is 13.0. The molecule has 0 aromatic heterocycles. The SMILES string of the molecule is COc1ccc(OC)c2c1[C@H]1C=C[C@H]2[C@]23C=C[C@]12CC=CC3. The van der Waals surface area contributed by atoms with Crippen LogP contribution in [0.2, 0.25) is 0 Å². The number of allylic oxidation sites excluding steroid dienone is 6. The van der Waals surface area contributed by atoms with Gasteiger partial charge in [0.1, 0.15) is 11.5 Å². The summed E-state index contributed by atoms with van der Waals surface area (Å²) in [5.41, 5.74) is 3.19. The molecule has 2 bridgehead atoms. The summed E-state index contributed by atoms with van der Waals surface area (Å²) in [7, 11) is 3.55. The Kier molecular flexibility index (Phi) is 2.21. The molecule has 0 fully saturated rings. The molecule has 1 aromatic rings. The minimum absolute atomic E-state index is 0.244. The normalized spacial score (nSPS) is 38.8. The van der Waals surface area contributed by atoms with Crippen molar-refractivity contribution in [2.45, 2.75) is 24.7 Å². The van der Waals surface area contributed by atoms with E-state index in [-0.39, 0.29) is 10.8 Å². The lowest BCUT2D eigenvalue weighted by Gasteiger charge is -2.66. The van der Waals surface area contributed by atoms with Crippen LogP contribution in [0.1, 0.15) is 35.8 Å². The summed E-state index contributed by atoms with van der Waals surface area (Å²) < 4.78 is 11.4. The van der Waals surface area contributed by atoms with Crippen LogP contribution in [0.3, 0.4) is 0 Å². The van der Waals surface area contributed by atoms with Gasteiger partial charge in [-0.25, -0.2) is 0 Å². The molecule has 2 heteroatoms. The highest BCUT2D eigenvalue weighted by molar-refractivity contribution is 5.65. The summed E-state index contributed by atoms with van der Waals surface area (Å²) in [5, 5.41) is 0. The van der Waals surface area contributed by atoms with Gasteiger partial charge in [0.05, 0.1) is 14.2 Å². The Bertz CT molecular complexity index is 696. The first-order chi connectivity index (χ1) is 10.8. The second-order valence-electron chi connectivity index (χ2n) is 6.93. The number of hydrogen-bond acceptors (Lipinski definition) is 2. The van der Waals surface area contributed by atoms with Crippen LogP contribution in [0.5, 0.6) is 11.5 Å². The average Bonchev–Trinajstić information content (AvgIpc) is 2.55. The summed E-state index contributed by atoms with van der Waals surface area (Å²) >= 11 is 0. The van der Waals surface area contributed by atoms with Gasteiger partial charge in [-0.3, -0.25) is 0 Å². The van der Waals surface area contributed by atoms with Gasteiger partial charge in [0, 0.05) is 33.8 Å². The third-order valence-corrected chi connectivity index (χ3v) is 6.50. The lowest BCUT2D eigenvalue weighted by molar-refractivity contribution is 0.0341. The van der Waals surface area contributed by atoms with E-state index in [1.54, 1.807) is 14.2 Å². The molecular formula is C20H20O2. The topological polar surface area (TPSA) is 18.5 Å². The Hall–Kier alpha value is -1.96. The molecule has 5 aliphatic carbocycles. The summed E-state index contributed by atoms with van der Waals surface area (Å²) in [4.78, 5) is 0. The molecule has 5 aliphatic rings. The van der Waals surface area contributed by atoms with Crippen LogP contribution < -0.4 is 9.47 Å². The lowest BCUT2D eigenvalue weighted by atomic mass is 9.36. The minimum atomic E-state index is 0.244. The summed E-state index contributed by atoms with van der Waals surface area (Å²) in [6.07, 6.45) is 16.7. The zero-order valence-corrected chi connectivity index (χ0v) is 13.0. The number of methoxy groups -OCH3 is 2. The Morgan fingerprint density at radius 3 is 1.64 bits per heavy atom. The quantitative estimate of drug-likeness (QED) is 0.755. The molecule has 0 radical (unpaired) electrons. The molecule has 6 rings (SSSR count). The van der Waals surface area contributed by atoms with Crippen LogP contribution in [-0.4, -0.2) is 14.2 Å². The maximum Gasteiger partial charge on any atom is 0.123 e. The molecular weight excluding hydrogens is 272 g/mol. The molecule has 112 valence electrons. The van der Waals surface area contributed by atoms with Crippen LogP contribution in [0.25, 0.3) is 0 Å². The Morgan fingerprint density at radius 1 is 0.818 bits per heavy atom. The van der Waals surface area contributed by atoms with Crippen molar-refractivity contribution in [1.29, 1.82) is 0 Å². The van der Waals surface area contributed by atoms with Crippen molar-refractivity contribution < 1.29 is 9.47 Å². The number of rotatable bonds is 2. The van der Waals surface area contributed by atoms with Crippen molar-refractivity contribution in [3.05, 3.63) is 59.7 Å². The maximum absolute atomic E-state index is 5.71. The molecule has 0 amide bonds. The number of ether oxygens (including phenoxy) is 2. The van der Waals surface area contributed by atoms with E-state index >= 15 is 0 Å². The van der Waals surface area contributed by atoms with Gasteiger partial charge in [-0.1, -0.05) is 36.5 Å². The first-order valence-electron chi connectivity index (χ1n) is 8.06. The van der Waals surface area contributed by atoms with Crippen molar-refractivity contribution >= 4 is 0 Å². The van der Waals surface area contributed by atoms with Crippen molar-refractivity contribution in [2.75, 3.05) is 14.2 Å². The first kappa shape index (κ1) is 12.6. The highest BCUT2D eigenvalue weighted by Gasteiger charge is 2.66. The molecule has 0 heterocycles. The molecule has 4 atom stereocenters. The molecule has 0 spiro atoms. The minimum Gasteiger partial charge on any atom is -0.496 e.